The number of nitrogens with two attached hydrogens (primary N) is 1. The van der Waals surface area contributed by atoms with Crippen LogP contribution in [0.25, 0.3) is 10.9 Å². The first-order chi connectivity index (χ1) is 10.1. The number of aromatic nitrogens is 1. The van der Waals surface area contributed by atoms with Crippen molar-refractivity contribution < 1.29 is 0 Å². The van der Waals surface area contributed by atoms with Crippen LogP contribution in [-0.2, 0) is 0 Å². The van der Waals surface area contributed by atoms with E-state index in [4.69, 9.17) is 5.73 Å². The number of nitrogen functional groups attached to an aromatic ring is 1. The van der Waals surface area contributed by atoms with Crippen molar-refractivity contribution in [2.24, 2.45) is 0 Å². The lowest BCUT2D eigenvalue weighted by Crippen LogP contribution is -2.30. The van der Waals surface area contributed by atoms with Gasteiger partial charge in [0.2, 0.25) is 0 Å². The second-order valence-electron chi connectivity index (χ2n) is 5.70. The minimum atomic E-state index is 0.355. The lowest BCUT2D eigenvalue weighted by molar-refractivity contribution is 0.640. The topological polar surface area (TPSA) is 50.9 Å². The van der Waals surface area contributed by atoms with Gasteiger partial charge in [0.25, 0.3) is 0 Å². The van der Waals surface area contributed by atoms with Gasteiger partial charge in [-0.2, -0.15) is 11.8 Å². The van der Waals surface area contributed by atoms with Crippen LogP contribution in [0.2, 0.25) is 0 Å². The second-order valence-corrected chi connectivity index (χ2v) is 7.89. The van der Waals surface area contributed by atoms with Crippen LogP contribution < -0.4 is 11.1 Å². The number of hydrogen-bond donors (Lipinski definition) is 2. The standard InChI is InChI=1S/C16H20BrN3S/c1-21-16(6-2-3-7-16)10-20-15-12-8-11(17)4-5-14(12)19-9-13(15)18/h4-5,8-9H,2-3,6-7,10,18H2,1H3,(H,19,20). The fourth-order valence-corrected chi connectivity index (χ4v) is 4.37. The van der Waals surface area contributed by atoms with E-state index in [1.807, 2.05) is 23.9 Å². The third-order valence-corrected chi connectivity index (χ3v) is 6.31. The number of benzene rings is 1. The van der Waals surface area contributed by atoms with Gasteiger partial charge in [0.15, 0.2) is 0 Å². The molecule has 1 aliphatic carbocycles. The van der Waals surface area contributed by atoms with E-state index in [1.54, 1.807) is 6.20 Å². The zero-order valence-electron chi connectivity index (χ0n) is 12.2. The first-order valence-corrected chi connectivity index (χ1v) is 9.28. The van der Waals surface area contributed by atoms with Gasteiger partial charge < -0.3 is 11.1 Å². The molecule has 1 aromatic heterocycles. The molecular weight excluding hydrogens is 346 g/mol. The Morgan fingerprint density at radius 2 is 2.14 bits per heavy atom. The molecule has 2 aromatic rings. The molecule has 0 bridgehead atoms. The van der Waals surface area contributed by atoms with Crippen LogP contribution in [-0.4, -0.2) is 22.5 Å². The van der Waals surface area contributed by atoms with Crippen molar-refractivity contribution in [3.63, 3.8) is 0 Å². The van der Waals surface area contributed by atoms with E-state index in [0.717, 1.165) is 33.3 Å². The van der Waals surface area contributed by atoms with Crippen LogP contribution in [0.15, 0.2) is 28.9 Å². The van der Waals surface area contributed by atoms with Gasteiger partial charge in [0.1, 0.15) is 0 Å². The molecule has 5 heteroatoms. The van der Waals surface area contributed by atoms with E-state index in [2.05, 4.69) is 38.6 Å². The lowest BCUT2D eigenvalue weighted by atomic mass is 10.1. The molecule has 0 atom stereocenters. The quantitative estimate of drug-likeness (QED) is 0.826. The monoisotopic (exact) mass is 365 g/mol. The summed E-state index contributed by atoms with van der Waals surface area (Å²) < 4.78 is 1.40. The van der Waals surface area contributed by atoms with Crippen LogP contribution in [0.3, 0.4) is 0 Å². The van der Waals surface area contributed by atoms with Crippen molar-refractivity contribution in [2.75, 3.05) is 23.9 Å². The van der Waals surface area contributed by atoms with Crippen molar-refractivity contribution >= 4 is 50.0 Å². The molecule has 1 aliphatic rings. The molecule has 1 saturated carbocycles. The Morgan fingerprint density at radius 1 is 1.38 bits per heavy atom. The van der Waals surface area contributed by atoms with Crippen molar-refractivity contribution in [3.8, 4) is 0 Å². The van der Waals surface area contributed by atoms with E-state index in [9.17, 15) is 0 Å². The van der Waals surface area contributed by atoms with E-state index in [1.165, 1.54) is 25.7 Å². The maximum Gasteiger partial charge on any atom is 0.0743 e. The van der Waals surface area contributed by atoms with Gasteiger partial charge >= 0.3 is 0 Å². The average molecular weight is 366 g/mol. The third-order valence-electron chi connectivity index (χ3n) is 4.39. The number of halogens is 1. The molecule has 1 aromatic carbocycles. The Morgan fingerprint density at radius 3 is 2.86 bits per heavy atom. The fourth-order valence-electron chi connectivity index (χ4n) is 3.10. The summed E-state index contributed by atoms with van der Waals surface area (Å²) in [5.41, 5.74) is 8.86. The van der Waals surface area contributed by atoms with Gasteiger partial charge in [-0.25, -0.2) is 0 Å². The van der Waals surface area contributed by atoms with Crippen LogP contribution in [0.1, 0.15) is 25.7 Å². The number of fused-ring (bicyclic) bond motifs is 1. The number of thioether (sulfide) groups is 1. The van der Waals surface area contributed by atoms with Crippen LogP contribution in [0.5, 0.6) is 0 Å². The molecular formula is C16H20BrN3S. The third kappa shape index (κ3) is 2.99. The van der Waals surface area contributed by atoms with Gasteiger partial charge in [-0.1, -0.05) is 28.8 Å². The highest BCUT2D eigenvalue weighted by Crippen LogP contribution is 2.41. The molecule has 0 amide bonds. The highest BCUT2D eigenvalue weighted by Gasteiger charge is 2.32. The lowest BCUT2D eigenvalue weighted by Gasteiger charge is -2.28. The summed E-state index contributed by atoms with van der Waals surface area (Å²) in [6.07, 6.45) is 9.21. The average Bonchev–Trinajstić information content (AvgIpc) is 2.96. The number of anilines is 2. The smallest absolute Gasteiger partial charge is 0.0743 e. The summed E-state index contributed by atoms with van der Waals surface area (Å²) in [7, 11) is 0. The first-order valence-electron chi connectivity index (χ1n) is 7.26. The number of hydrogen-bond acceptors (Lipinski definition) is 4. The summed E-state index contributed by atoms with van der Waals surface area (Å²) in [6.45, 7) is 0.962. The molecule has 3 nitrogen and oxygen atoms in total. The van der Waals surface area contributed by atoms with Crippen molar-refractivity contribution in [1.29, 1.82) is 0 Å². The van der Waals surface area contributed by atoms with E-state index in [-0.39, 0.29) is 0 Å². The summed E-state index contributed by atoms with van der Waals surface area (Å²) in [5, 5.41) is 4.69. The summed E-state index contributed by atoms with van der Waals surface area (Å²) in [5.74, 6) is 0. The molecule has 1 heterocycles. The number of nitrogens with zero attached hydrogens (tertiary/aromatic N) is 1. The largest absolute Gasteiger partial charge is 0.396 e. The SMILES string of the molecule is CSC1(CNc2c(N)cnc3ccc(Br)cc23)CCCC1. The molecule has 0 spiro atoms. The minimum Gasteiger partial charge on any atom is -0.396 e. The molecule has 0 saturated heterocycles. The van der Waals surface area contributed by atoms with Crippen molar-refractivity contribution in [1.82, 2.24) is 4.98 Å². The van der Waals surface area contributed by atoms with Crippen LogP contribution >= 0.6 is 27.7 Å². The van der Waals surface area contributed by atoms with E-state index < -0.39 is 0 Å². The fraction of sp³-hybridized carbons (Fsp3) is 0.438. The summed E-state index contributed by atoms with van der Waals surface area (Å²) >= 11 is 5.52. The zero-order valence-corrected chi connectivity index (χ0v) is 14.6. The van der Waals surface area contributed by atoms with Crippen LogP contribution in [0.4, 0.5) is 11.4 Å². The Balaban J connectivity index is 1.92. The van der Waals surface area contributed by atoms with Crippen molar-refractivity contribution in [2.45, 2.75) is 30.4 Å². The normalized spacial score (nSPS) is 17.2. The molecule has 0 aliphatic heterocycles. The Bertz CT molecular complexity index is 648. The number of nitrogens with one attached hydrogen (secondary N) is 1. The number of pyridine rings is 1. The van der Waals surface area contributed by atoms with Gasteiger partial charge in [-0.15, -0.1) is 0 Å². The minimum absolute atomic E-state index is 0.355. The number of rotatable bonds is 4. The molecule has 0 radical (unpaired) electrons. The highest BCUT2D eigenvalue weighted by atomic mass is 79.9. The molecule has 112 valence electrons. The Hall–Kier alpha value is -0.940. The maximum atomic E-state index is 6.16. The molecule has 0 unspecified atom stereocenters. The Kier molecular flexibility index (Phi) is 4.31. The second kappa shape index (κ2) is 6.05. The zero-order chi connectivity index (χ0) is 14.9. The van der Waals surface area contributed by atoms with Crippen LogP contribution in [0, 0.1) is 0 Å². The summed E-state index contributed by atoms with van der Waals surface area (Å²) in [4.78, 5) is 4.41. The van der Waals surface area contributed by atoms with Gasteiger partial charge in [-0.05, 0) is 37.3 Å². The van der Waals surface area contributed by atoms with Gasteiger partial charge in [0.05, 0.1) is 23.1 Å². The predicted octanol–water partition coefficient (Wildman–Crippen LogP) is 4.67. The first kappa shape index (κ1) is 15.0. The molecule has 21 heavy (non-hydrogen) atoms. The van der Waals surface area contributed by atoms with E-state index in [0.29, 0.717) is 4.75 Å². The molecule has 1 fully saturated rings. The van der Waals surface area contributed by atoms with Crippen molar-refractivity contribution in [3.05, 3.63) is 28.9 Å². The molecule has 3 N–H and O–H groups in total. The maximum absolute atomic E-state index is 6.16. The van der Waals surface area contributed by atoms with Gasteiger partial charge in [-0.3, -0.25) is 4.98 Å². The summed E-state index contributed by atoms with van der Waals surface area (Å²) in [6, 6.07) is 6.11. The predicted molar refractivity (Wildman–Crippen MR) is 97.1 cm³/mol. The molecule has 3 rings (SSSR count). The highest BCUT2D eigenvalue weighted by molar-refractivity contribution is 9.10. The Labute approximate surface area is 138 Å². The van der Waals surface area contributed by atoms with E-state index >= 15 is 0 Å². The van der Waals surface area contributed by atoms with Gasteiger partial charge in [0, 0.05) is 21.2 Å².